The molecule has 2 aromatic heterocycles. The Hall–Kier alpha value is -1.60. The van der Waals surface area contributed by atoms with Crippen LogP contribution in [0, 0.1) is 5.82 Å². The lowest BCUT2D eigenvalue weighted by Crippen LogP contribution is -2.44. The van der Waals surface area contributed by atoms with E-state index in [4.69, 9.17) is 5.10 Å². The Bertz CT molecular complexity index is 795. The Morgan fingerprint density at radius 2 is 2.00 bits per heavy atom. The van der Waals surface area contributed by atoms with Gasteiger partial charge in [-0.05, 0) is 31.2 Å². The first kappa shape index (κ1) is 15.0. The Balaban J connectivity index is 1.65. The molecule has 0 bridgehead atoms. The first-order chi connectivity index (χ1) is 11.1. The standard InChI is InChI=1S/C16H17FN4S2/c1-10-11(2)22-8-7-20(10)16-19-21-9-14(18-15(21)23-16)12-3-5-13(17)6-4-12/h3-6,9-11H,7-8H2,1-2H3. The molecule has 0 radical (unpaired) electrons. The summed E-state index contributed by atoms with van der Waals surface area (Å²) in [6, 6.07) is 6.87. The van der Waals surface area contributed by atoms with Crippen LogP contribution in [-0.2, 0) is 0 Å². The van der Waals surface area contributed by atoms with Crippen LogP contribution in [-0.4, -0.2) is 38.2 Å². The molecule has 2 unspecified atom stereocenters. The predicted molar refractivity (Wildman–Crippen MR) is 95.0 cm³/mol. The van der Waals surface area contributed by atoms with E-state index in [0.717, 1.165) is 33.6 Å². The number of anilines is 1. The molecule has 1 saturated heterocycles. The van der Waals surface area contributed by atoms with Crippen LogP contribution >= 0.6 is 23.1 Å². The number of halogens is 1. The quantitative estimate of drug-likeness (QED) is 0.703. The summed E-state index contributed by atoms with van der Waals surface area (Å²) >= 11 is 3.63. The molecular formula is C16H17FN4S2. The van der Waals surface area contributed by atoms with E-state index in [0.29, 0.717) is 11.3 Å². The highest BCUT2D eigenvalue weighted by Crippen LogP contribution is 2.32. The van der Waals surface area contributed by atoms with Crippen LogP contribution in [0.1, 0.15) is 13.8 Å². The topological polar surface area (TPSA) is 33.4 Å². The highest BCUT2D eigenvalue weighted by molar-refractivity contribution is 8.00. The van der Waals surface area contributed by atoms with E-state index in [-0.39, 0.29) is 5.82 Å². The number of rotatable bonds is 2. The molecule has 0 amide bonds. The van der Waals surface area contributed by atoms with Crippen LogP contribution in [0.15, 0.2) is 30.5 Å². The highest BCUT2D eigenvalue weighted by Gasteiger charge is 2.28. The third-order valence-corrected chi connectivity index (χ3v) is 6.60. The summed E-state index contributed by atoms with van der Waals surface area (Å²) in [5, 5.41) is 6.33. The first-order valence-corrected chi connectivity index (χ1v) is 9.49. The van der Waals surface area contributed by atoms with Gasteiger partial charge in [0.2, 0.25) is 10.1 Å². The largest absolute Gasteiger partial charge is 0.342 e. The Kier molecular flexibility index (Phi) is 3.77. The normalized spacial score (nSPS) is 22.0. The molecule has 7 heteroatoms. The van der Waals surface area contributed by atoms with Crippen molar-refractivity contribution in [3.8, 4) is 11.3 Å². The minimum Gasteiger partial charge on any atom is -0.342 e. The lowest BCUT2D eigenvalue weighted by molar-refractivity contribution is 0.621. The zero-order chi connectivity index (χ0) is 16.0. The number of benzene rings is 1. The highest BCUT2D eigenvalue weighted by atomic mass is 32.2. The predicted octanol–water partition coefficient (Wildman–Crippen LogP) is 3.93. The maximum absolute atomic E-state index is 13.0. The smallest absolute Gasteiger partial charge is 0.214 e. The summed E-state index contributed by atoms with van der Waals surface area (Å²) in [5.74, 6) is 0.898. The Labute approximate surface area is 142 Å². The second kappa shape index (κ2) is 5.79. The molecule has 4 rings (SSSR count). The number of hydrogen-bond donors (Lipinski definition) is 0. The van der Waals surface area contributed by atoms with Gasteiger partial charge in [-0.25, -0.2) is 13.9 Å². The summed E-state index contributed by atoms with van der Waals surface area (Å²) in [5.41, 5.74) is 1.73. The van der Waals surface area contributed by atoms with E-state index in [1.54, 1.807) is 23.5 Å². The molecule has 0 N–H and O–H groups in total. The van der Waals surface area contributed by atoms with Gasteiger partial charge in [-0.2, -0.15) is 11.8 Å². The van der Waals surface area contributed by atoms with E-state index in [1.807, 2.05) is 22.5 Å². The van der Waals surface area contributed by atoms with Crippen molar-refractivity contribution in [2.24, 2.45) is 0 Å². The summed E-state index contributed by atoms with van der Waals surface area (Å²) in [6.45, 7) is 5.55. The van der Waals surface area contributed by atoms with Crippen LogP contribution < -0.4 is 4.90 Å². The molecule has 1 aliphatic rings. The lowest BCUT2D eigenvalue weighted by Gasteiger charge is -2.36. The van der Waals surface area contributed by atoms with Crippen molar-refractivity contribution in [2.45, 2.75) is 25.1 Å². The van der Waals surface area contributed by atoms with Crippen molar-refractivity contribution in [2.75, 3.05) is 17.2 Å². The van der Waals surface area contributed by atoms with Crippen molar-refractivity contribution in [1.29, 1.82) is 0 Å². The minimum absolute atomic E-state index is 0.235. The van der Waals surface area contributed by atoms with Gasteiger partial charge in [0.15, 0.2) is 0 Å². The van der Waals surface area contributed by atoms with Crippen molar-refractivity contribution in [3.05, 3.63) is 36.3 Å². The molecule has 2 atom stereocenters. The van der Waals surface area contributed by atoms with E-state index < -0.39 is 0 Å². The average molecular weight is 348 g/mol. The van der Waals surface area contributed by atoms with Gasteiger partial charge < -0.3 is 4.90 Å². The summed E-state index contributed by atoms with van der Waals surface area (Å²) in [7, 11) is 0. The van der Waals surface area contributed by atoms with Crippen molar-refractivity contribution in [3.63, 3.8) is 0 Å². The van der Waals surface area contributed by atoms with Crippen LogP contribution in [0.2, 0.25) is 0 Å². The molecule has 1 aliphatic heterocycles. The molecular weight excluding hydrogens is 331 g/mol. The first-order valence-electron chi connectivity index (χ1n) is 7.62. The van der Waals surface area contributed by atoms with Gasteiger partial charge in [0.1, 0.15) is 5.82 Å². The maximum Gasteiger partial charge on any atom is 0.214 e. The summed E-state index contributed by atoms with van der Waals surface area (Å²) in [6.07, 6.45) is 1.91. The van der Waals surface area contributed by atoms with Gasteiger partial charge in [0.05, 0.1) is 11.9 Å². The second-order valence-electron chi connectivity index (χ2n) is 5.75. The molecule has 0 saturated carbocycles. The van der Waals surface area contributed by atoms with Crippen LogP contribution in [0.3, 0.4) is 0 Å². The van der Waals surface area contributed by atoms with Gasteiger partial charge in [0.25, 0.3) is 0 Å². The number of imidazole rings is 1. The number of fused-ring (bicyclic) bond motifs is 1. The van der Waals surface area contributed by atoms with Crippen LogP contribution in [0.25, 0.3) is 16.2 Å². The van der Waals surface area contributed by atoms with E-state index >= 15 is 0 Å². The fourth-order valence-electron chi connectivity index (χ4n) is 2.77. The summed E-state index contributed by atoms with van der Waals surface area (Å²) < 4.78 is 14.9. The molecule has 3 aromatic rings. The van der Waals surface area contributed by atoms with Gasteiger partial charge in [-0.1, -0.05) is 18.3 Å². The third kappa shape index (κ3) is 2.72. The van der Waals surface area contributed by atoms with Crippen LogP contribution in [0.4, 0.5) is 9.52 Å². The third-order valence-electron chi connectivity index (χ3n) is 4.30. The number of thioether (sulfide) groups is 1. The molecule has 120 valence electrons. The Morgan fingerprint density at radius 1 is 1.22 bits per heavy atom. The molecule has 23 heavy (non-hydrogen) atoms. The molecule has 4 nitrogen and oxygen atoms in total. The zero-order valence-electron chi connectivity index (χ0n) is 12.9. The zero-order valence-corrected chi connectivity index (χ0v) is 14.6. The lowest BCUT2D eigenvalue weighted by atomic mass is 10.2. The molecule has 1 aromatic carbocycles. The van der Waals surface area contributed by atoms with Gasteiger partial charge >= 0.3 is 0 Å². The monoisotopic (exact) mass is 348 g/mol. The fraction of sp³-hybridized carbons (Fsp3) is 0.375. The maximum atomic E-state index is 13.0. The SMILES string of the molecule is CC1SCCN(c2nn3cc(-c4ccc(F)cc4)nc3s2)C1C. The second-order valence-corrected chi connectivity index (χ2v) is 8.17. The van der Waals surface area contributed by atoms with Crippen molar-refractivity contribution < 1.29 is 4.39 Å². The van der Waals surface area contributed by atoms with E-state index in [1.165, 1.54) is 12.1 Å². The van der Waals surface area contributed by atoms with Gasteiger partial charge in [-0.3, -0.25) is 0 Å². The van der Waals surface area contributed by atoms with Gasteiger partial charge in [0, 0.05) is 29.2 Å². The van der Waals surface area contributed by atoms with E-state index in [9.17, 15) is 4.39 Å². The minimum atomic E-state index is -0.235. The molecule has 1 fully saturated rings. The molecule has 3 heterocycles. The number of nitrogens with zero attached hydrogens (tertiary/aromatic N) is 4. The molecule has 0 spiro atoms. The average Bonchev–Trinajstić information content (AvgIpc) is 3.09. The van der Waals surface area contributed by atoms with E-state index in [2.05, 4.69) is 23.7 Å². The summed E-state index contributed by atoms with van der Waals surface area (Å²) in [4.78, 5) is 7.88. The molecule has 0 aliphatic carbocycles. The van der Waals surface area contributed by atoms with Crippen LogP contribution in [0.5, 0.6) is 0 Å². The van der Waals surface area contributed by atoms with Crippen molar-refractivity contribution in [1.82, 2.24) is 14.6 Å². The Morgan fingerprint density at radius 3 is 2.74 bits per heavy atom. The van der Waals surface area contributed by atoms with Crippen molar-refractivity contribution >= 4 is 33.2 Å². The number of aromatic nitrogens is 3. The fourth-order valence-corrected chi connectivity index (χ4v) is 4.87. The number of hydrogen-bond acceptors (Lipinski definition) is 5. The van der Waals surface area contributed by atoms with Gasteiger partial charge in [-0.15, -0.1) is 5.10 Å².